The van der Waals surface area contributed by atoms with Crippen molar-refractivity contribution in [3.8, 4) is 5.75 Å². The van der Waals surface area contributed by atoms with E-state index in [4.69, 9.17) is 5.11 Å². The summed E-state index contributed by atoms with van der Waals surface area (Å²) in [6.07, 6.45) is 3.05. The van der Waals surface area contributed by atoms with Gasteiger partial charge in [0.15, 0.2) is 0 Å². The molecule has 1 aromatic rings. The Bertz CT molecular complexity index is 393. The maximum atomic E-state index is 11.2. The molecule has 2 rings (SSSR count). The third-order valence-corrected chi connectivity index (χ3v) is 2.38. The van der Waals surface area contributed by atoms with Crippen LogP contribution in [-0.2, 0) is 4.79 Å². The predicted octanol–water partition coefficient (Wildman–Crippen LogP) is 1.69. The molecule has 1 aromatic carbocycles. The number of carbonyl (C=O) groups is 1. The van der Waals surface area contributed by atoms with Crippen molar-refractivity contribution in [2.45, 2.75) is 12.8 Å². The van der Waals surface area contributed by atoms with Crippen LogP contribution in [0.5, 0.6) is 5.75 Å². The third-order valence-electron chi connectivity index (χ3n) is 2.38. The average molecular weight is 203 g/mol. The fourth-order valence-electron chi connectivity index (χ4n) is 1.60. The summed E-state index contributed by atoms with van der Waals surface area (Å²) in [7, 11) is 0. The van der Waals surface area contributed by atoms with Gasteiger partial charge in [-0.25, -0.2) is 0 Å². The van der Waals surface area contributed by atoms with E-state index in [1.165, 1.54) is 0 Å². The van der Waals surface area contributed by atoms with Crippen LogP contribution < -0.4 is 5.32 Å². The molecule has 78 valence electrons. The lowest BCUT2D eigenvalue weighted by atomic mass is 10.1. The van der Waals surface area contributed by atoms with Crippen LogP contribution in [0.3, 0.4) is 0 Å². The Morgan fingerprint density at radius 3 is 2.67 bits per heavy atom. The van der Waals surface area contributed by atoms with E-state index in [1.54, 1.807) is 12.1 Å². The second-order valence-electron chi connectivity index (χ2n) is 3.65. The van der Waals surface area contributed by atoms with Crippen LogP contribution in [0.25, 0.3) is 6.08 Å². The Hall–Kier alpha value is -1.77. The molecule has 0 amide bonds. The van der Waals surface area contributed by atoms with Gasteiger partial charge in [-0.1, -0.05) is 12.1 Å². The van der Waals surface area contributed by atoms with E-state index in [1.807, 2.05) is 18.2 Å². The second kappa shape index (κ2) is 4.17. The summed E-state index contributed by atoms with van der Waals surface area (Å²) in [4.78, 5) is 11.2. The van der Waals surface area contributed by atoms with Crippen LogP contribution in [0.4, 0.5) is 0 Å². The van der Waals surface area contributed by atoms with Crippen molar-refractivity contribution >= 4 is 11.9 Å². The van der Waals surface area contributed by atoms with Crippen molar-refractivity contribution in [1.29, 1.82) is 0 Å². The van der Waals surface area contributed by atoms with Crippen LogP contribution in [0, 0.1) is 0 Å². The highest BCUT2D eigenvalue weighted by Gasteiger charge is 2.11. The van der Waals surface area contributed by atoms with Crippen LogP contribution in [0.15, 0.2) is 30.0 Å². The maximum absolute atomic E-state index is 11.2. The average Bonchev–Trinajstić information content (AvgIpc) is 2.22. The molecule has 2 N–H and O–H groups in total. The van der Waals surface area contributed by atoms with Crippen LogP contribution in [-0.4, -0.2) is 17.4 Å². The SMILES string of the molecule is O=C1CCNC(=Cc2ccc(O)cc2)C1. The first-order valence-corrected chi connectivity index (χ1v) is 4.99. The molecule has 0 saturated carbocycles. The topological polar surface area (TPSA) is 49.3 Å². The maximum Gasteiger partial charge on any atom is 0.140 e. The highest BCUT2D eigenvalue weighted by molar-refractivity contribution is 5.83. The molecule has 0 aliphatic carbocycles. The zero-order valence-corrected chi connectivity index (χ0v) is 8.36. The zero-order valence-electron chi connectivity index (χ0n) is 8.36. The summed E-state index contributed by atoms with van der Waals surface area (Å²) < 4.78 is 0. The number of piperidine rings is 1. The largest absolute Gasteiger partial charge is 0.508 e. The number of aromatic hydroxyl groups is 1. The van der Waals surface area contributed by atoms with Crippen molar-refractivity contribution < 1.29 is 9.90 Å². The fraction of sp³-hybridized carbons (Fsp3) is 0.250. The fourth-order valence-corrected chi connectivity index (χ4v) is 1.60. The molecule has 0 atom stereocenters. The van der Waals surface area contributed by atoms with Crippen LogP contribution in [0.2, 0.25) is 0 Å². The number of hydrogen-bond donors (Lipinski definition) is 2. The minimum Gasteiger partial charge on any atom is -0.508 e. The van der Waals surface area contributed by atoms with Gasteiger partial charge in [0.1, 0.15) is 11.5 Å². The number of nitrogens with one attached hydrogen (secondary N) is 1. The van der Waals surface area contributed by atoms with E-state index in [9.17, 15) is 4.79 Å². The molecular weight excluding hydrogens is 190 g/mol. The van der Waals surface area contributed by atoms with Crippen molar-refractivity contribution in [2.75, 3.05) is 6.54 Å². The molecule has 1 aliphatic heterocycles. The summed E-state index contributed by atoms with van der Waals surface area (Å²) in [5.74, 6) is 0.531. The second-order valence-corrected chi connectivity index (χ2v) is 3.65. The van der Waals surface area contributed by atoms with Gasteiger partial charge in [0.05, 0.1) is 0 Å². The van der Waals surface area contributed by atoms with Gasteiger partial charge in [-0.05, 0) is 23.8 Å². The van der Waals surface area contributed by atoms with Gasteiger partial charge in [-0.2, -0.15) is 0 Å². The number of hydrogen-bond acceptors (Lipinski definition) is 3. The first-order chi connectivity index (χ1) is 7.24. The first-order valence-electron chi connectivity index (χ1n) is 4.99. The number of carbonyl (C=O) groups excluding carboxylic acids is 1. The summed E-state index contributed by atoms with van der Waals surface area (Å²) in [5.41, 5.74) is 1.95. The summed E-state index contributed by atoms with van der Waals surface area (Å²) in [6.45, 7) is 0.725. The lowest BCUT2D eigenvalue weighted by Gasteiger charge is -2.15. The molecule has 1 aliphatic rings. The zero-order chi connectivity index (χ0) is 10.7. The molecule has 1 saturated heterocycles. The van der Waals surface area contributed by atoms with Gasteiger partial charge in [-0.3, -0.25) is 4.79 Å². The van der Waals surface area contributed by atoms with E-state index in [2.05, 4.69) is 5.32 Å². The number of allylic oxidation sites excluding steroid dienone is 1. The number of benzene rings is 1. The number of phenols is 1. The van der Waals surface area contributed by atoms with Crippen LogP contribution >= 0.6 is 0 Å². The highest BCUT2D eigenvalue weighted by Crippen LogP contribution is 2.15. The highest BCUT2D eigenvalue weighted by atomic mass is 16.3. The van der Waals surface area contributed by atoms with Gasteiger partial charge in [0, 0.05) is 25.1 Å². The Labute approximate surface area is 88.4 Å². The molecule has 0 bridgehead atoms. The number of rotatable bonds is 1. The van der Waals surface area contributed by atoms with E-state index in [0.29, 0.717) is 12.8 Å². The number of ketones is 1. The third kappa shape index (κ3) is 2.59. The standard InChI is InChI=1S/C12H13NO2/c14-11-3-1-9(2-4-11)7-10-8-12(15)5-6-13-10/h1-4,7,13-14H,5-6,8H2. The van der Waals surface area contributed by atoms with Crippen molar-refractivity contribution in [3.05, 3.63) is 35.5 Å². The first kappa shape index (κ1) is 9.77. The Morgan fingerprint density at radius 1 is 1.27 bits per heavy atom. The summed E-state index contributed by atoms with van der Waals surface area (Å²) in [5, 5.41) is 12.3. The van der Waals surface area contributed by atoms with E-state index < -0.39 is 0 Å². The Morgan fingerprint density at radius 2 is 2.00 bits per heavy atom. The van der Waals surface area contributed by atoms with Crippen molar-refractivity contribution in [3.63, 3.8) is 0 Å². The minimum atomic E-state index is 0.254. The molecule has 0 unspecified atom stereocenters. The molecular formula is C12H13NO2. The van der Waals surface area contributed by atoms with Crippen molar-refractivity contribution in [1.82, 2.24) is 5.32 Å². The molecule has 3 nitrogen and oxygen atoms in total. The van der Waals surface area contributed by atoms with E-state index in [0.717, 1.165) is 17.8 Å². The van der Waals surface area contributed by atoms with Crippen molar-refractivity contribution in [2.24, 2.45) is 0 Å². The van der Waals surface area contributed by atoms with Gasteiger partial charge < -0.3 is 10.4 Å². The molecule has 15 heavy (non-hydrogen) atoms. The quantitative estimate of drug-likeness (QED) is 0.730. The van der Waals surface area contributed by atoms with E-state index >= 15 is 0 Å². The van der Waals surface area contributed by atoms with Gasteiger partial charge in [0.25, 0.3) is 0 Å². The summed E-state index contributed by atoms with van der Waals surface area (Å²) >= 11 is 0. The minimum absolute atomic E-state index is 0.254. The van der Waals surface area contributed by atoms with Gasteiger partial charge in [-0.15, -0.1) is 0 Å². The lowest BCUT2D eigenvalue weighted by Crippen LogP contribution is -2.25. The molecule has 1 fully saturated rings. The molecule has 1 heterocycles. The molecule has 0 aromatic heterocycles. The van der Waals surface area contributed by atoms with E-state index in [-0.39, 0.29) is 11.5 Å². The normalized spacial score (nSPS) is 18.9. The number of Topliss-reactive ketones (excluding diaryl/α,β-unsaturated/α-hetero) is 1. The number of phenolic OH excluding ortho intramolecular Hbond substituents is 1. The monoisotopic (exact) mass is 203 g/mol. The van der Waals surface area contributed by atoms with Crippen LogP contribution in [0.1, 0.15) is 18.4 Å². The molecule has 3 heteroatoms. The van der Waals surface area contributed by atoms with Gasteiger partial charge in [0.2, 0.25) is 0 Å². The Balaban J connectivity index is 2.15. The lowest BCUT2D eigenvalue weighted by molar-refractivity contribution is -0.119. The Kier molecular flexibility index (Phi) is 2.72. The summed E-state index contributed by atoms with van der Waals surface area (Å²) in [6, 6.07) is 6.92. The molecule has 0 spiro atoms. The molecule has 0 radical (unpaired) electrons. The smallest absolute Gasteiger partial charge is 0.140 e. The predicted molar refractivity (Wildman–Crippen MR) is 58.3 cm³/mol. The van der Waals surface area contributed by atoms with Gasteiger partial charge >= 0.3 is 0 Å².